The summed E-state index contributed by atoms with van der Waals surface area (Å²) in [4.78, 5) is 30.2. The first kappa shape index (κ1) is 22.6. The molecule has 0 N–H and O–H groups in total. The highest BCUT2D eigenvalue weighted by Crippen LogP contribution is 2.42. The van der Waals surface area contributed by atoms with E-state index in [0.717, 1.165) is 41.4 Å². The van der Waals surface area contributed by atoms with Crippen LogP contribution in [0.3, 0.4) is 0 Å². The molecule has 0 radical (unpaired) electrons. The molecule has 2 nitrogen and oxygen atoms in total. The number of hydrogen-bond acceptors (Lipinski definition) is 4. The van der Waals surface area contributed by atoms with E-state index >= 15 is 0 Å². The van der Waals surface area contributed by atoms with Crippen LogP contribution >= 0.6 is 22.7 Å². The van der Waals surface area contributed by atoms with E-state index in [1.54, 1.807) is 22.7 Å². The van der Waals surface area contributed by atoms with Crippen LogP contribution in [-0.4, -0.2) is 0 Å². The Hall–Kier alpha value is -3.86. The van der Waals surface area contributed by atoms with E-state index in [-0.39, 0.29) is 10.9 Å². The zero-order chi connectivity index (χ0) is 24.8. The third kappa shape index (κ3) is 3.79. The van der Waals surface area contributed by atoms with Gasteiger partial charge in [0.1, 0.15) is 0 Å². The molecule has 6 rings (SSSR count). The Morgan fingerprint density at radius 1 is 0.500 bits per heavy atom. The number of benzene rings is 4. The molecule has 6 aromatic rings. The second-order valence-corrected chi connectivity index (χ2v) is 11.1. The molecule has 36 heavy (non-hydrogen) atoms. The molecule has 0 unspecified atom stereocenters. The molecule has 0 aliphatic heterocycles. The summed E-state index contributed by atoms with van der Waals surface area (Å²) in [6.45, 7) is 3.98. The molecule has 0 saturated heterocycles. The van der Waals surface area contributed by atoms with Crippen LogP contribution in [0.5, 0.6) is 0 Å². The maximum Gasteiger partial charge on any atom is 0.196 e. The zero-order valence-electron chi connectivity index (χ0n) is 19.9. The Morgan fingerprint density at radius 2 is 0.889 bits per heavy atom. The van der Waals surface area contributed by atoms with Crippen molar-refractivity contribution in [1.82, 2.24) is 0 Å². The predicted molar refractivity (Wildman–Crippen MR) is 156 cm³/mol. The second kappa shape index (κ2) is 8.98. The molecule has 0 amide bonds. The van der Waals surface area contributed by atoms with Gasteiger partial charge < -0.3 is 0 Å². The number of rotatable bonds is 3. The van der Waals surface area contributed by atoms with Gasteiger partial charge in [-0.25, -0.2) is 0 Å². The lowest BCUT2D eigenvalue weighted by Crippen LogP contribution is -2.15. The van der Waals surface area contributed by atoms with Crippen LogP contribution in [0.25, 0.3) is 52.2 Å². The lowest BCUT2D eigenvalue weighted by Gasteiger charge is -2.15. The number of hydrogen-bond donors (Lipinski definition) is 0. The van der Waals surface area contributed by atoms with Gasteiger partial charge in [-0.15, -0.1) is 22.7 Å². The Balaban J connectivity index is 1.84. The minimum atomic E-state index is -0.0974. The van der Waals surface area contributed by atoms with E-state index in [4.69, 9.17) is 0 Å². The van der Waals surface area contributed by atoms with E-state index in [1.807, 2.05) is 111 Å². The van der Waals surface area contributed by atoms with Gasteiger partial charge in [0, 0.05) is 29.9 Å². The number of aryl methyl sites for hydroxylation is 2. The molecule has 0 atom stereocenters. The largest absolute Gasteiger partial charge is 0.288 e. The molecule has 2 heterocycles. The molecule has 0 aliphatic rings. The van der Waals surface area contributed by atoms with Crippen molar-refractivity contribution < 1.29 is 0 Å². The first-order valence-corrected chi connectivity index (χ1v) is 13.4. The van der Waals surface area contributed by atoms with Crippen molar-refractivity contribution in [3.05, 3.63) is 129 Å². The summed E-state index contributed by atoms with van der Waals surface area (Å²) in [5.41, 5.74) is 4.70. The van der Waals surface area contributed by atoms with Crippen molar-refractivity contribution in [2.75, 3.05) is 0 Å². The standard InChI is InChI=1S/C32H22O2S2/c1-19-13-15-25-23(17-19)29(33)27(31(35-25)21-9-5-3-6-10-21)28-30(34)24-18-20(2)14-16-26(24)36-32(28)22-11-7-4-8-12-22/h3-18H,1-2H3. The molecule has 4 heteroatoms. The minimum absolute atomic E-state index is 0.0974. The Bertz CT molecular complexity index is 1740. The zero-order valence-corrected chi connectivity index (χ0v) is 21.5. The van der Waals surface area contributed by atoms with Crippen molar-refractivity contribution in [2.45, 2.75) is 13.8 Å². The van der Waals surface area contributed by atoms with Crippen LogP contribution in [0.2, 0.25) is 0 Å². The first-order chi connectivity index (χ1) is 17.5. The molecular formula is C32H22O2S2. The topological polar surface area (TPSA) is 34.1 Å². The summed E-state index contributed by atoms with van der Waals surface area (Å²) >= 11 is 3.14. The monoisotopic (exact) mass is 502 g/mol. The average Bonchev–Trinajstić information content (AvgIpc) is 2.91. The lowest BCUT2D eigenvalue weighted by molar-refractivity contribution is 1.49. The maximum atomic E-state index is 14.3. The second-order valence-electron chi connectivity index (χ2n) is 9.00. The minimum Gasteiger partial charge on any atom is -0.288 e. The lowest BCUT2D eigenvalue weighted by atomic mass is 9.96. The van der Waals surface area contributed by atoms with E-state index in [2.05, 4.69) is 0 Å². The van der Waals surface area contributed by atoms with Gasteiger partial charge in [0.25, 0.3) is 0 Å². The number of fused-ring (bicyclic) bond motifs is 2. The Morgan fingerprint density at radius 3 is 1.28 bits per heavy atom. The van der Waals surface area contributed by atoms with Crippen LogP contribution in [0, 0.1) is 13.8 Å². The highest BCUT2D eigenvalue weighted by atomic mass is 32.1. The van der Waals surface area contributed by atoms with Crippen molar-refractivity contribution in [1.29, 1.82) is 0 Å². The maximum absolute atomic E-state index is 14.3. The molecule has 0 fully saturated rings. The highest BCUT2D eigenvalue weighted by Gasteiger charge is 2.24. The molecule has 2 aromatic heterocycles. The van der Waals surface area contributed by atoms with Gasteiger partial charge in [-0.1, -0.05) is 83.9 Å². The fourth-order valence-electron chi connectivity index (χ4n) is 4.66. The van der Waals surface area contributed by atoms with Crippen molar-refractivity contribution in [2.24, 2.45) is 0 Å². The Labute approximate surface area is 216 Å². The first-order valence-electron chi connectivity index (χ1n) is 11.8. The normalized spacial score (nSPS) is 11.3. The quantitative estimate of drug-likeness (QED) is 0.243. The molecule has 0 spiro atoms. The summed E-state index contributed by atoms with van der Waals surface area (Å²) in [6.07, 6.45) is 0. The van der Waals surface area contributed by atoms with Crippen molar-refractivity contribution in [3.63, 3.8) is 0 Å². The fraction of sp³-hybridized carbons (Fsp3) is 0.0625. The summed E-state index contributed by atoms with van der Waals surface area (Å²) in [5.74, 6) is 0. The summed E-state index contributed by atoms with van der Waals surface area (Å²) in [6, 6.07) is 31.8. The van der Waals surface area contributed by atoms with Crippen LogP contribution in [0.4, 0.5) is 0 Å². The smallest absolute Gasteiger partial charge is 0.196 e. The third-order valence-electron chi connectivity index (χ3n) is 6.41. The summed E-state index contributed by atoms with van der Waals surface area (Å²) in [7, 11) is 0. The van der Waals surface area contributed by atoms with Crippen LogP contribution in [-0.2, 0) is 0 Å². The van der Waals surface area contributed by atoms with Gasteiger partial charge >= 0.3 is 0 Å². The van der Waals surface area contributed by atoms with E-state index in [1.165, 1.54) is 0 Å². The van der Waals surface area contributed by atoms with Gasteiger partial charge in [-0.2, -0.15) is 0 Å². The molecular weight excluding hydrogens is 480 g/mol. The van der Waals surface area contributed by atoms with Crippen LogP contribution in [0.1, 0.15) is 11.1 Å². The third-order valence-corrected chi connectivity index (χ3v) is 8.85. The average molecular weight is 503 g/mol. The summed E-state index contributed by atoms with van der Waals surface area (Å²) < 4.78 is 1.84. The SMILES string of the molecule is Cc1ccc2sc(-c3ccccc3)c(-c3c(-c4ccccc4)sc4ccc(C)cc4c3=O)c(=O)c2c1. The highest BCUT2D eigenvalue weighted by molar-refractivity contribution is 7.23. The van der Waals surface area contributed by atoms with Gasteiger partial charge in [0.15, 0.2) is 10.9 Å². The Kier molecular flexibility index (Phi) is 5.63. The van der Waals surface area contributed by atoms with Gasteiger partial charge in [-0.05, 0) is 49.2 Å². The van der Waals surface area contributed by atoms with E-state index in [0.29, 0.717) is 21.9 Å². The molecule has 0 bridgehead atoms. The molecule has 174 valence electrons. The molecule has 0 saturated carbocycles. The predicted octanol–water partition coefficient (Wildman–Crippen LogP) is 8.45. The summed E-state index contributed by atoms with van der Waals surface area (Å²) in [5, 5.41) is 1.31. The van der Waals surface area contributed by atoms with Gasteiger partial charge in [-0.3, -0.25) is 9.59 Å². The van der Waals surface area contributed by atoms with Gasteiger partial charge in [0.2, 0.25) is 0 Å². The van der Waals surface area contributed by atoms with Gasteiger partial charge in [0.05, 0.1) is 11.1 Å². The fourth-order valence-corrected chi connectivity index (χ4v) is 6.99. The van der Waals surface area contributed by atoms with E-state index < -0.39 is 0 Å². The van der Waals surface area contributed by atoms with E-state index in [9.17, 15) is 9.59 Å². The van der Waals surface area contributed by atoms with Crippen molar-refractivity contribution >= 4 is 42.8 Å². The van der Waals surface area contributed by atoms with Crippen LogP contribution in [0.15, 0.2) is 107 Å². The molecule has 0 aliphatic carbocycles. The van der Waals surface area contributed by atoms with Crippen molar-refractivity contribution in [3.8, 4) is 32.0 Å². The van der Waals surface area contributed by atoms with Crippen LogP contribution < -0.4 is 10.9 Å². The molecule has 4 aromatic carbocycles.